The van der Waals surface area contributed by atoms with E-state index in [9.17, 15) is 9.59 Å². The Hall–Kier alpha value is -1.95. The number of para-hydroxylation sites is 1. The number of carbonyl (C=O) groups is 2. The zero-order valence-electron chi connectivity index (χ0n) is 12.2. The number of amides is 2. The number of aromatic nitrogens is 1. The third kappa shape index (κ3) is 2.40. The monoisotopic (exact) mass is 303 g/mol. The van der Waals surface area contributed by atoms with Gasteiger partial charge in [0.1, 0.15) is 16.6 Å². The second kappa shape index (κ2) is 4.80. The van der Waals surface area contributed by atoms with Crippen LogP contribution in [-0.2, 0) is 16.1 Å². The molecule has 0 bridgehead atoms. The minimum atomic E-state index is -0.861. The number of carbonyl (C=O) groups excluding carboxylic acids is 2. The maximum atomic E-state index is 12.5. The first-order chi connectivity index (χ1) is 9.88. The van der Waals surface area contributed by atoms with Gasteiger partial charge < -0.3 is 10.2 Å². The van der Waals surface area contributed by atoms with E-state index in [1.54, 1.807) is 37.0 Å². The molecule has 21 heavy (non-hydrogen) atoms. The highest BCUT2D eigenvalue weighted by Gasteiger charge is 2.43. The molecule has 1 aromatic heterocycles. The maximum absolute atomic E-state index is 12.5. The summed E-state index contributed by atoms with van der Waals surface area (Å²) in [5, 5.41) is 3.60. The average molecular weight is 303 g/mol. The number of rotatable bonds is 2. The number of benzene rings is 1. The summed E-state index contributed by atoms with van der Waals surface area (Å²) in [6.45, 7) is 5.57. The first-order valence-electron chi connectivity index (χ1n) is 6.86. The lowest BCUT2D eigenvalue weighted by Crippen LogP contribution is -2.66. The van der Waals surface area contributed by atoms with Gasteiger partial charge in [0.25, 0.3) is 0 Å². The van der Waals surface area contributed by atoms with Gasteiger partial charge in [0.2, 0.25) is 11.8 Å². The molecule has 0 radical (unpaired) electrons. The molecule has 110 valence electrons. The number of nitrogens with zero attached hydrogens (tertiary/aromatic N) is 2. The van der Waals surface area contributed by atoms with Gasteiger partial charge >= 0.3 is 0 Å². The normalized spacial score (nSPS) is 21.7. The number of nitrogens with one attached hydrogen (secondary N) is 1. The lowest BCUT2D eigenvalue weighted by molar-refractivity contribution is -0.153. The first-order valence-corrected chi connectivity index (χ1v) is 7.68. The predicted molar refractivity (Wildman–Crippen MR) is 81.9 cm³/mol. The number of fused-ring (bicyclic) bond motifs is 1. The number of thiazole rings is 1. The number of hydrogen-bond donors (Lipinski definition) is 1. The van der Waals surface area contributed by atoms with Crippen molar-refractivity contribution < 1.29 is 9.59 Å². The minimum absolute atomic E-state index is 0.0751. The summed E-state index contributed by atoms with van der Waals surface area (Å²) in [5.74, 6) is -0.199. The topological polar surface area (TPSA) is 62.3 Å². The van der Waals surface area contributed by atoms with E-state index in [0.717, 1.165) is 15.2 Å². The van der Waals surface area contributed by atoms with Gasteiger partial charge in [-0.3, -0.25) is 9.59 Å². The van der Waals surface area contributed by atoms with Gasteiger partial charge in [-0.15, -0.1) is 11.3 Å². The molecule has 0 spiro atoms. The van der Waals surface area contributed by atoms with E-state index in [1.807, 2.05) is 24.3 Å². The SMILES string of the molecule is CC1C(=O)NC(C)(C)C(=O)N1Cc1nc2ccccc2s1. The van der Waals surface area contributed by atoms with Crippen molar-refractivity contribution in [3.8, 4) is 0 Å². The quantitative estimate of drug-likeness (QED) is 0.922. The van der Waals surface area contributed by atoms with Crippen LogP contribution in [0.25, 0.3) is 10.2 Å². The van der Waals surface area contributed by atoms with Crippen LogP contribution in [0, 0.1) is 0 Å². The van der Waals surface area contributed by atoms with E-state index in [0.29, 0.717) is 6.54 Å². The standard InChI is InChI=1S/C15H17N3O2S/c1-9-13(19)17-15(2,3)14(20)18(9)8-12-16-10-6-4-5-7-11(10)21-12/h4-7,9H,8H2,1-3H3,(H,17,19). The van der Waals surface area contributed by atoms with Crippen LogP contribution in [0.4, 0.5) is 0 Å². The van der Waals surface area contributed by atoms with Gasteiger partial charge in [0, 0.05) is 0 Å². The summed E-state index contributed by atoms with van der Waals surface area (Å²) >= 11 is 1.56. The molecule has 1 aliphatic heterocycles. The average Bonchev–Trinajstić information content (AvgIpc) is 2.83. The zero-order chi connectivity index (χ0) is 15.2. The van der Waals surface area contributed by atoms with Crippen molar-refractivity contribution in [1.82, 2.24) is 15.2 Å². The highest BCUT2D eigenvalue weighted by molar-refractivity contribution is 7.18. The smallest absolute Gasteiger partial charge is 0.248 e. The van der Waals surface area contributed by atoms with Crippen LogP contribution in [0.3, 0.4) is 0 Å². The van der Waals surface area contributed by atoms with Gasteiger partial charge in [-0.05, 0) is 32.9 Å². The van der Waals surface area contributed by atoms with Crippen molar-refractivity contribution in [2.45, 2.75) is 38.9 Å². The molecule has 0 aliphatic carbocycles. The number of piperazine rings is 1. The fourth-order valence-corrected chi connectivity index (χ4v) is 3.45. The Morgan fingerprint density at radius 2 is 2.05 bits per heavy atom. The van der Waals surface area contributed by atoms with Crippen LogP contribution < -0.4 is 5.32 Å². The van der Waals surface area contributed by atoms with E-state index < -0.39 is 11.6 Å². The lowest BCUT2D eigenvalue weighted by Gasteiger charge is -2.41. The van der Waals surface area contributed by atoms with Crippen LogP contribution in [0.1, 0.15) is 25.8 Å². The second-order valence-electron chi connectivity index (χ2n) is 5.80. The summed E-state index contributed by atoms with van der Waals surface area (Å²) in [7, 11) is 0. The van der Waals surface area contributed by atoms with Crippen molar-refractivity contribution >= 4 is 33.4 Å². The molecule has 1 unspecified atom stereocenters. The van der Waals surface area contributed by atoms with Gasteiger partial charge in [-0.1, -0.05) is 12.1 Å². The molecule has 2 aromatic rings. The Morgan fingerprint density at radius 1 is 1.33 bits per heavy atom. The third-order valence-electron chi connectivity index (χ3n) is 3.72. The van der Waals surface area contributed by atoms with E-state index in [-0.39, 0.29) is 11.8 Å². The Kier molecular flexibility index (Phi) is 3.20. The largest absolute Gasteiger partial charge is 0.340 e. The lowest BCUT2D eigenvalue weighted by atomic mass is 9.97. The summed E-state index contributed by atoms with van der Waals surface area (Å²) < 4.78 is 1.09. The van der Waals surface area contributed by atoms with Crippen LogP contribution in [0.5, 0.6) is 0 Å². The molecule has 2 heterocycles. The van der Waals surface area contributed by atoms with Crippen LogP contribution in [0.15, 0.2) is 24.3 Å². The molecule has 3 rings (SSSR count). The Bertz CT molecular complexity index is 690. The third-order valence-corrected chi connectivity index (χ3v) is 4.74. The maximum Gasteiger partial charge on any atom is 0.248 e. The van der Waals surface area contributed by atoms with Gasteiger partial charge in [0.05, 0.1) is 16.8 Å². The van der Waals surface area contributed by atoms with E-state index in [4.69, 9.17) is 0 Å². The summed E-state index contributed by atoms with van der Waals surface area (Å²) in [4.78, 5) is 30.7. The van der Waals surface area contributed by atoms with Crippen molar-refractivity contribution in [1.29, 1.82) is 0 Å². The first kappa shape index (κ1) is 14.0. The fourth-order valence-electron chi connectivity index (χ4n) is 2.48. The molecule has 6 heteroatoms. The van der Waals surface area contributed by atoms with Crippen molar-refractivity contribution in [3.05, 3.63) is 29.3 Å². The summed E-state index contributed by atoms with van der Waals surface area (Å²) in [5.41, 5.74) is 0.0682. The molecule has 1 aromatic carbocycles. The Balaban J connectivity index is 1.91. The molecule has 1 atom stereocenters. The Morgan fingerprint density at radius 3 is 2.76 bits per heavy atom. The number of hydrogen-bond acceptors (Lipinski definition) is 4. The molecule has 0 saturated carbocycles. The molecule has 1 N–H and O–H groups in total. The highest BCUT2D eigenvalue weighted by atomic mass is 32.1. The van der Waals surface area contributed by atoms with Gasteiger partial charge in [0.15, 0.2) is 0 Å². The van der Waals surface area contributed by atoms with Crippen LogP contribution in [-0.4, -0.2) is 33.3 Å². The molecular weight excluding hydrogens is 286 g/mol. The molecule has 2 amide bonds. The highest BCUT2D eigenvalue weighted by Crippen LogP contribution is 2.25. The second-order valence-corrected chi connectivity index (χ2v) is 6.91. The molecular formula is C15H17N3O2S. The van der Waals surface area contributed by atoms with E-state index >= 15 is 0 Å². The van der Waals surface area contributed by atoms with Gasteiger partial charge in [-0.25, -0.2) is 4.98 Å². The predicted octanol–water partition coefficient (Wildman–Crippen LogP) is 1.92. The zero-order valence-corrected chi connectivity index (χ0v) is 13.0. The van der Waals surface area contributed by atoms with Crippen molar-refractivity contribution in [3.63, 3.8) is 0 Å². The molecule has 5 nitrogen and oxygen atoms in total. The molecule has 1 saturated heterocycles. The summed E-state index contributed by atoms with van der Waals surface area (Å²) in [6.07, 6.45) is 0. The van der Waals surface area contributed by atoms with Crippen molar-refractivity contribution in [2.75, 3.05) is 0 Å². The summed E-state index contributed by atoms with van der Waals surface area (Å²) in [6, 6.07) is 7.40. The Labute approximate surface area is 127 Å². The van der Waals surface area contributed by atoms with Crippen molar-refractivity contribution in [2.24, 2.45) is 0 Å². The van der Waals surface area contributed by atoms with Gasteiger partial charge in [-0.2, -0.15) is 0 Å². The van der Waals surface area contributed by atoms with E-state index in [1.165, 1.54) is 0 Å². The van der Waals surface area contributed by atoms with Crippen LogP contribution in [0.2, 0.25) is 0 Å². The fraction of sp³-hybridized carbons (Fsp3) is 0.400. The van der Waals surface area contributed by atoms with Crippen LogP contribution >= 0.6 is 11.3 Å². The molecule has 1 aliphatic rings. The van der Waals surface area contributed by atoms with E-state index in [2.05, 4.69) is 10.3 Å². The minimum Gasteiger partial charge on any atom is -0.340 e. The molecule has 1 fully saturated rings.